The van der Waals surface area contributed by atoms with Crippen LogP contribution in [0.25, 0.3) is 11.0 Å². The minimum Gasteiger partial charge on any atom is -0.464 e. The molecule has 3 aromatic heterocycles. The Bertz CT molecular complexity index is 1080. The number of benzene rings is 1. The lowest BCUT2D eigenvalue weighted by Gasteiger charge is -2.22. The van der Waals surface area contributed by atoms with Crippen molar-refractivity contribution in [1.82, 2.24) is 24.9 Å². The molecule has 0 saturated heterocycles. The molecule has 0 bridgehead atoms. The molecule has 4 rings (SSSR count). The highest BCUT2D eigenvalue weighted by atomic mass is 35.5. The van der Waals surface area contributed by atoms with Crippen LogP contribution < -0.4 is 5.43 Å². The first-order valence-electron chi connectivity index (χ1n) is 9.24. The van der Waals surface area contributed by atoms with Crippen molar-refractivity contribution in [2.45, 2.75) is 26.1 Å². The first-order valence-corrected chi connectivity index (χ1v) is 9.24. The summed E-state index contributed by atoms with van der Waals surface area (Å²) in [5, 5.41) is 8.46. The summed E-state index contributed by atoms with van der Waals surface area (Å²) in [6.45, 7) is 2.84. The van der Waals surface area contributed by atoms with Crippen LogP contribution in [0.15, 0.2) is 76.7 Å². The van der Waals surface area contributed by atoms with Crippen LogP contribution in [0.2, 0.25) is 0 Å². The zero-order chi connectivity index (χ0) is 19.2. The number of hydrogen-bond acceptors (Lipinski definition) is 6. The van der Waals surface area contributed by atoms with Crippen LogP contribution in [0.5, 0.6) is 0 Å². The highest BCUT2D eigenvalue weighted by molar-refractivity contribution is 5.85. The quantitative estimate of drug-likeness (QED) is 0.442. The molecule has 29 heavy (non-hydrogen) atoms. The average molecular weight is 412 g/mol. The third-order valence-corrected chi connectivity index (χ3v) is 4.63. The van der Waals surface area contributed by atoms with Gasteiger partial charge in [0.05, 0.1) is 17.8 Å². The maximum Gasteiger partial charge on any atom is 0.197 e. The number of nitrogens with zero attached hydrogens (tertiary/aromatic N) is 5. The monoisotopic (exact) mass is 411 g/mol. The second-order valence-corrected chi connectivity index (χ2v) is 6.67. The van der Waals surface area contributed by atoms with Crippen molar-refractivity contribution < 1.29 is 4.42 Å². The van der Waals surface area contributed by atoms with Crippen LogP contribution in [0.4, 0.5) is 0 Å². The van der Waals surface area contributed by atoms with E-state index in [0.29, 0.717) is 23.1 Å². The third-order valence-electron chi connectivity index (χ3n) is 4.63. The normalized spacial score (nSPS) is 10.9. The number of rotatable bonds is 8. The van der Waals surface area contributed by atoms with Crippen LogP contribution in [0.1, 0.15) is 17.5 Å². The molecule has 0 saturated carbocycles. The van der Waals surface area contributed by atoms with Gasteiger partial charge in [0.2, 0.25) is 0 Å². The Morgan fingerprint density at radius 3 is 2.66 bits per heavy atom. The second kappa shape index (κ2) is 9.95. The molecule has 0 aliphatic rings. The van der Waals surface area contributed by atoms with E-state index in [1.54, 1.807) is 24.9 Å². The number of halogens is 1. The van der Waals surface area contributed by atoms with E-state index in [1.807, 2.05) is 47.3 Å². The van der Waals surface area contributed by atoms with Crippen molar-refractivity contribution in [3.05, 3.63) is 88.8 Å². The molecule has 0 atom stereocenters. The topological polar surface area (TPSA) is 77.1 Å². The minimum atomic E-state index is 0. The predicted octanol–water partition coefficient (Wildman–Crippen LogP) is 3.29. The van der Waals surface area contributed by atoms with E-state index in [4.69, 9.17) is 4.42 Å². The third kappa shape index (κ3) is 5.28. The van der Waals surface area contributed by atoms with E-state index in [9.17, 15) is 4.79 Å². The van der Waals surface area contributed by atoms with Crippen molar-refractivity contribution in [3.63, 3.8) is 0 Å². The zero-order valence-electron chi connectivity index (χ0n) is 15.8. The van der Waals surface area contributed by atoms with Gasteiger partial charge in [-0.15, -0.1) is 17.5 Å². The molecule has 3 heterocycles. The fourth-order valence-corrected chi connectivity index (χ4v) is 3.24. The van der Waals surface area contributed by atoms with Crippen molar-refractivity contribution in [1.29, 1.82) is 0 Å². The van der Waals surface area contributed by atoms with Gasteiger partial charge in [-0.05, 0) is 36.2 Å². The number of fused-ring (bicyclic) bond motifs is 1. The van der Waals surface area contributed by atoms with Crippen LogP contribution in [0.3, 0.4) is 0 Å². The van der Waals surface area contributed by atoms with Gasteiger partial charge in [-0.3, -0.25) is 19.4 Å². The van der Waals surface area contributed by atoms with E-state index in [0.717, 1.165) is 31.6 Å². The molecule has 0 aliphatic carbocycles. The van der Waals surface area contributed by atoms with Gasteiger partial charge in [-0.25, -0.2) is 0 Å². The molecule has 0 unspecified atom stereocenters. The summed E-state index contributed by atoms with van der Waals surface area (Å²) >= 11 is 0. The summed E-state index contributed by atoms with van der Waals surface area (Å²) in [5.41, 5.74) is 2.45. The van der Waals surface area contributed by atoms with Gasteiger partial charge in [0, 0.05) is 50.3 Å². The van der Waals surface area contributed by atoms with Gasteiger partial charge >= 0.3 is 0 Å². The van der Waals surface area contributed by atoms with Gasteiger partial charge in [0.1, 0.15) is 5.58 Å². The lowest BCUT2D eigenvalue weighted by atomic mass is 10.1. The Morgan fingerprint density at radius 2 is 1.86 bits per heavy atom. The largest absolute Gasteiger partial charge is 0.464 e. The highest BCUT2D eigenvalue weighted by Gasteiger charge is 2.12. The summed E-state index contributed by atoms with van der Waals surface area (Å²) in [6, 6.07) is 11.3. The summed E-state index contributed by atoms with van der Waals surface area (Å²) in [7, 11) is 0. The molecular weight excluding hydrogens is 390 g/mol. The summed E-state index contributed by atoms with van der Waals surface area (Å²) < 4.78 is 7.49. The van der Waals surface area contributed by atoms with Gasteiger partial charge in [0.25, 0.3) is 0 Å². The minimum absolute atomic E-state index is 0. The maximum absolute atomic E-state index is 12.9. The molecule has 0 spiro atoms. The van der Waals surface area contributed by atoms with Crippen LogP contribution >= 0.6 is 12.4 Å². The van der Waals surface area contributed by atoms with E-state index >= 15 is 0 Å². The lowest BCUT2D eigenvalue weighted by Crippen LogP contribution is -2.27. The summed E-state index contributed by atoms with van der Waals surface area (Å²) in [6.07, 6.45) is 9.58. The first kappa shape index (κ1) is 20.7. The average Bonchev–Trinajstić information content (AvgIpc) is 3.24. The molecule has 8 heteroatoms. The molecule has 0 amide bonds. The Labute approximate surface area is 174 Å². The van der Waals surface area contributed by atoms with Gasteiger partial charge in [0.15, 0.2) is 5.43 Å². The van der Waals surface area contributed by atoms with E-state index in [2.05, 4.69) is 20.2 Å². The Kier molecular flexibility index (Phi) is 7.10. The predicted molar refractivity (Wildman–Crippen MR) is 113 cm³/mol. The van der Waals surface area contributed by atoms with Gasteiger partial charge < -0.3 is 4.42 Å². The van der Waals surface area contributed by atoms with E-state index < -0.39 is 0 Å². The number of hydrogen-bond donors (Lipinski definition) is 0. The summed E-state index contributed by atoms with van der Waals surface area (Å²) in [4.78, 5) is 19.2. The van der Waals surface area contributed by atoms with Gasteiger partial charge in [-0.2, -0.15) is 0 Å². The van der Waals surface area contributed by atoms with Crippen LogP contribution in [-0.2, 0) is 19.6 Å². The molecule has 0 N–H and O–H groups in total. The fourth-order valence-electron chi connectivity index (χ4n) is 3.24. The number of aromatic nitrogens is 4. The van der Waals surface area contributed by atoms with Crippen molar-refractivity contribution >= 4 is 23.4 Å². The molecular formula is C21H22ClN5O2. The Hall–Kier alpha value is -3.03. The molecule has 0 fully saturated rings. The Morgan fingerprint density at radius 1 is 1.03 bits per heavy atom. The highest BCUT2D eigenvalue weighted by Crippen LogP contribution is 2.13. The van der Waals surface area contributed by atoms with Crippen molar-refractivity contribution in [2.75, 3.05) is 6.54 Å². The van der Waals surface area contributed by atoms with Gasteiger partial charge in [-0.1, -0.05) is 17.3 Å². The zero-order valence-corrected chi connectivity index (χ0v) is 16.7. The standard InChI is InChI=1S/C21H21N5O2.ClH/c27-21-18(16-28-20-5-2-1-4-19(20)21)15-25(14-17-6-8-22-9-7-17)11-3-12-26-13-10-23-24-26;/h1-2,4-10,13,16H,3,11-12,14-15H2;1H. The van der Waals surface area contributed by atoms with Crippen molar-refractivity contribution in [3.8, 4) is 0 Å². The molecule has 150 valence electrons. The number of para-hydroxylation sites is 1. The lowest BCUT2D eigenvalue weighted by molar-refractivity contribution is 0.244. The van der Waals surface area contributed by atoms with Crippen LogP contribution in [0, 0.1) is 0 Å². The molecule has 0 aliphatic heterocycles. The van der Waals surface area contributed by atoms with Crippen LogP contribution in [-0.4, -0.2) is 31.4 Å². The molecule has 4 aromatic rings. The summed E-state index contributed by atoms with van der Waals surface area (Å²) in [5.74, 6) is 0. The molecule has 7 nitrogen and oxygen atoms in total. The fraction of sp³-hybridized carbons (Fsp3) is 0.238. The smallest absolute Gasteiger partial charge is 0.197 e. The maximum atomic E-state index is 12.9. The molecule has 0 radical (unpaired) electrons. The molecule has 1 aromatic carbocycles. The van der Waals surface area contributed by atoms with E-state index in [1.165, 1.54) is 0 Å². The Balaban J connectivity index is 0.00000240. The first-order chi connectivity index (χ1) is 13.8. The second-order valence-electron chi connectivity index (χ2n) is 6.67. The SMILES string of the molecule is Cl.O=c1c(CN(CCCn2ccnn2)Cc2ccncc2)coc2ccccc12. The number of pyridine rings is 1. The van der Waals surface area contributed by atoms with Crippen molar-refractivity contribution in [2.24, 2.45) is 0 Å². The van der Waals surface area contributed by atoms with E-state index in [-0.39, 0.29) is 17.8 Å². The number of aryl methyl sites for hydroxylation is 1.